The van der Waals surface area contributed by atoms with E-state index in [0.29, 0.717) is 23.7 Å². The van der Waals surface area contributed by atoms with Crippen molar-refractivity contribution in [2.45, 2.75) is 136 Å². The lowest BCUT2D eigenvalue weighted by atomic mass is 9.41. The average Bonchev–Trinajstić information content (AvgIpc) is 3.63. The van der Waals surface area contributed by atoms with E-state index in [-0.39, 0.29) is 51.9 Å². The Morgan fingerprint density at radius 2 is 1.71 bits per heavy atom. The molecule has 8 rings (SSSR count). The zero-order valence-electron chi connectivity index (χ0n) is 24.3. The van der Waals surface area contributed by atoms with E-state index in [1.54, 1.807) is 6.92 Å². The fourth-order valence-corrected chi connectivity index (χ4v) is 13.2. The van der Waals surface area contributed by atoms with Crippen LogP contribution in [0.3, 0.4) is 0 Å². The van der Waals surface area contributed by atoms with Crippen LogP contribution in [0.5, 0.6) is 0 Å². The van der Waals surface area contributed by atoms with E-state index in [2.05, 4.69) is 41.0 Å². The van der Waals surface area contributed by atoms with Crippen molar-refractivity contribution in [1.29, 1.82) is 0 Å². The molecular formula is C32H47O6. The van der Waals surface area contributed by atoms with Crippen LogP contribution in [-0.4, -0.2) is 47.1 Å². The van der Waals surface area contributed by atoms with Gasteiger partial charge in [-0.2, -0.15) is 0 Å². The van der Waals surface area contributed by atoms with Crippen LogP contribution in [0.15, 0.2) is 0 Å². The molecule has 3 aliphatic heterocycles. The number of hydrogen-bond acceptors (Lipinski definition) is 6. The maximum Gasteiger partial charge on any atom is 0.302 e. The quantitative estimate of drug-likeness (QED) is 0.363. The topological polar surface area (TPSA) is 77.5 Å². The molecule has 0 aromatic heterocycles. The third-order valence-electron chi connectivity index (χ3n) is 14.6. The summed E-state index contributed by atoms with van der Waals surface area (Å²) in [5.74, 6) is 0.902. The zero-order chi connectivity index (χ0) is 26.9. The van der Waals surface area contributed by atoms with E-state index in [9.17, 15) is 9.90 Å². The van der Waals surface area contributed by atoms with Crippen molar-refractivity contribution >= 4 is 5.97 Å². The number of hydrogen-bond donors (Lipinski definition) is 1. The number of ether oxygens (including phenoxy) is 4. The minimum Gasteiger partial charge on any atom is -0.462 e. The van der Waals surface area contributed by atoms with E-state index >= 15 is 0 Å². The highest BCUT2D eigenvalue weighted by atomic mass is 16.8. The maximum absolute atomic E-state index is 12.7. The van der Waals surface area contributed by atoms with Gasteiger partial charge in [0.1, 0.15) is 17.8 Å². The number of carbonyl (C=O) groups excluding carboxylic acids is 1. The third-order valence-corrected chi connectivity index (χ3v) is 14.6. The van der Waals surface area contributed by atoms with Gasteiger partial charge in [0.05, 0.1) is 6.10 Å². The maximum atomic E-state index is 12.7. The Bertz CT molecular complexity index is 1110. The van der Waals surface area contributed by atoms with Gasteiger partial charge in [-0.15, -0.1) is 0 Å². The molecule has 5 aliphatic carbocycles. The highest BCUT2D eigenvalue weighted by molar-refractivity contribution is 5.66. The van der Waals surface area contributed by atoms with Gasteiger partial charge < -0.3 is 24.1 Å². The van der Waals surface area contributed by atoms with Crippen LogP contribution >= 0.6 is 0 Å². The van der Waals surface area contributed by atoms with E-state index < -0.39 is 17.7 Å². The second kappa shape index (κ2) is 6.85. The first-order valence-electron chi connectivity index (χ1n) is 15.4. The van der Waals surface area contributed by atoms with Crippen LogP contribution < -0.4 is 0 Å². The van der Waals surface area contributed by atoms with Crippen molar-refractivity contribution < 1.29 is 28.8 Å². The number of aliphatic hydroxyl groups excluding tert-OH is 1. The molecule has 38 heavy (non-hydrogen) atoms. The SMILES string of the molecule is CC(=O)O[C@@H]1CC23C[C@@]24CC[CH]C(C)(C)C4CC[C@H]3[C@]2(C)C[C@H]3OC4(C[C@@H](C)[C@@H]3[C@@]12C)O[C@H](O)C1(C)OC41. The van der Waals surface area contributed by atoms with Crippen LogP contribution in [0.25, 0.3) is 0 Å². The molecule has 8 aliphatic rings. The smallest absolute Gasteiger partial charge is 0.302 e. The van der Waals surface area contributed by atoms with Gasteiger partial charge in [0.2, 0.25) is 5.79 Å². The van der Waals surface area contributed by atoms with Crippen molar-refractivity contribution in [3.05, 3.63) is 6.42 Å². The lowest BCUT2D eigenvalue weighted by molar-refractivity contribution is -0.346. The van der Waals surface area contributed by atoms with Crippen molar-refractivity contribution in [2.75, 3.05) is 0 Å². The first kappa shape index (κ1) is 25.1. The molecule has 211 valence electrons. The Balaban J connectivity index is 1.21. The molecule has 0 amide bonds. The van der Waals surface area contributed by atoms with Gasteiger partial charge in [-0.3, -0.25) is 4.79 Å². The average molecular weight is 528 g/mol. The van der Waals surface area contributed by atoms with Crippen molar-refractivity contribution in [2.24, 2.45) is 50.7 Å². The molecule has 0 aromatic carbocycles. The fraction of sp³-hybridized carbons (Fsp3) is 0.938. The summed E-state index contributed by atoms with van der Waals surface area (Å²) in [4.78, 5) is 12.7. The Labute approximate surface area is 227 Å². The van der Waals surface area contributed by atoms with E-state index in [1.165, 1.54) is 32.1 Å². The second-order valence-electron chi connectivity index (χ2n) is 16.3. The highest BCUT2D eigenvalue weighted by Gasteiger charge is 2.86. The van der Waals surface area contributed by atoms with Gasteiger partial charge in [-0.05, 0) is 104 Å². The lowest BCUT2D eigenvalue weighted by Crippen LogP contribution is -2.63. The number of rotatable bonds is 1. The molecule has 1 radical (unpaired) electrons. The Kier molecular flexibility index (Phi) is 4.51. The van der Waals surface area contributed by atoms with Crippen LogP contribution in [0.1, 0.15) is 99.8 Å². The number of fused-ring (bicyclic) bond motifs is 6. The number of aliphatic hydroxyl groups is 1. The summed E-state index contributed by atoms with van der Waals surface area (Å²) in [5, 5.41) is 10.6. The van der Waals surface area contributed by atoms with Crippen LogP contribution in [0.2, 0.25) is 0 Å². The molecule has 1 N–H and O–H groups in total. The highest BCUT2D eigenvalue weighted by Crippen LogP contribution is 2.89. The molecule has 3 heterocycles. The van der Waals surface area contributed by atoms with Gasteiger partial charge in [0, 0.05) is 18.8 Å². The largest absolute Gasteiger partial charge is 0.462 e. The summed E-state index contributed by atoms with van der Waals surface area (Å²) in [7, 11) is 0. The predicted octanol–water partition coefficient (Wildman–Crippen LogP) is 5.41. The van der Waals surface area contributed by atoms with E-state index in [1.807, 2.05) is 6.92 Å². The Morgan fingerprint density at radius 1 is 0.974 bits per heavy atom. The summed E-state index contributed by atoms with van der Waals surface area (Å²) in [6, 6.07) is 0. The molecule has 0 aromatic rings. The molecule has 3 spiro atoms. The summed E-state index contributed by atoms with van der Waals surface area (Å²) >= 11 is 0. The van der Waals surface area contributed by atoms with Gasteiger partial charge in [0.25, 0.3) is 0 Å². The van der Waals surface area contributed by atoms with Crippen molar-refractivity contribution in [3.63, 3.8) is 0 Å². The second-order valence-corrected chi connectivity index (χ2v) is 16.3. The Morgan fingerprint density at radius 3 is 2.37 bits per heavy atom. The summed E-state index contributed by atoms with van der Waals surface area (Å²) in [6.07, 6.45) is 10.4. The number of carbonyl (C=O) groups is 1. The van der Waals surface area contributed by atoms with Crippen molar-refractivity contribution in [1.82, 2.24) is 0 Å². The molecule has 8 fully saturated rings. The normalized spacial score (nSPS) is 64.5. The summed E-state index contributed by atoms with van der Waals surface area (Å²) < 4.78 is 25.6. The fourth-order valence-electron chi connectivity index (χ4n) is 13.2. The van der Waals surface area contributed by atoms with Crippen molar-refractivity contribution in [3.8, 4) is 0 Å². The lowest BCUT2D eigenvalue weighted by Gasteiger charge is -2.64. The first-order valence-corrected chi connectivity index (χ1v) is 15.4. The molecule has 6 nitrogen and oxygen atoms in total. The molecule has 5 unspecified atom stereocenters. The van der Waals surface area contributed by atoms with Gasteiger partial charge in [-0.1, -0.05) is 34.6 Å². The van der Waals surface area contributed by atoms with Gasteiger partial charge >= 0.3 is 5.97 Å². The van der Waals surface area contributed by atoms with Crippen LogP contribution in [0, 0.1) is 57.2 Å². The van der Waals surface area contributed by atoms with Gasteiger partial charge in [-0.25, -0.2) is 0 Å². The standard InChI is InChI=1S/C32H47O6/c1-17-13-32(24-29(7,37-24)25(34)38-32)36-19-14-27(5)21-10-9-20-26(3,4)11-8-12-30(20)16-31(21,30)15-22(35-18(2)33)28(27,6)23(17)19/h11,17,19-25,34H,8-10,12-16H2,1-7H3/t17-,19-,20?,21+,22-,23+,24?,25+,27+,28-,29?,30-,31?,32?/m1/s1. The van der Waals surface area contributed by atoms with Crippen LogP contribution in [0.4, 0.5) is 0 Å². The molecular weight excluding hydrogens is 480 g/mol. The first-order chi connectivity index (χ1) is 17.7. The summed E-state index contributed by atoms with van der Waals surface area (Å²) in [6.45, 7) is 15.8. The van der Waals surface area contributed by atoms with E-state index in [4.69, 9.17) is 18.9 Å². The summed E-state index contributed by atoms with van der Waals surface area (Å²) in [5.41, 5.74) is 0.114. The third kappa shape index (κ3) is 2.52. The predicted molar refractivity (Wildman–Crippen MR) is 139 cm³/mol. The molecule has 3 saturated heterocycles. The minimum absolute atomic E-state index is 0.00395. The molecule has 6 heteroatoms. The monoisotopic (exact) mass is 527 g/mol. The number of epoxide rings is 1. The zero-order valence-corrected chi connectivity index (χ0v) is 24.3. The minimum atomic E-state index is -0.948. The van der Waals surface area contributed by atoms with Gasteiger partial charge in [0.15, 0.2) is 6.29 Å². The molecule has 0 bridgehead atoms. The van der Waals surface area contributed by atoms with Crippen LogP contribution in [-0.2, 0) is 23.7 Å². The Hall–Kier alpha value is -0.690. The number of esters is 1. The van der Waals surface area contributed by atoms with E-state index in [0.717, 1.165) is 18.8 Å². The molecule has 5 saturated carbocycles. The molecule has 14 atom stereocenters.